The molecule has 2 heteroatoms. The van der Waals surface area contributed by atoms with Gasteiger partial charge in [-0.25, -0.2) is 0 Å². The lowest BCUT2D eigenvalue weighted by Crippen LogP contribution is -2.50. The average Bonchev–Trinajstić information content (AvgIpc) is 2.68. The van der Waals surface area contributed by atoms with E-state index >= 15 is 0 Å². The van der Waals surface area contributed by atoms with Crippen molar-refractivity contribution >= 4 is 11.6 Å². The maximum atomic E-state index is 5.72. The second-order valence-corrected chi connectivity index (χ2v) is 6.90. The summed E-state index contributed by atoms with van der Waals surface area (Å²) in [5, 5.41) is 3.74. The molecule has 0 radical (unpaired) electrons. The summed E-state index contributed by atoms with van der Waals surface area (Å²) < 4.78 is 0. The van der Waals surface area contributed by atoms with Crippen molar-refractivity contribution in [3.05, 3.63) is 11.1 Å². The predicted molar refractivity (Wildman–Crippen MR) is 70.6 cm³/mol. The van der Waals surface area contributed by atoms with Gasteiger partial charge in [-0.3, -0.25) is 0 Å². The number of hydrogen-bond donors (Lipinski definition) is 1. The lowest BCUT2D eigenvalue weighted by atomic mass is 9.68. The molecule has 1 N–H and O–H groups in total. The molecule has 0 aromatic rings. The van der Waals surface area contributed by atoms with E-state index in [1.54, 1.807) is 5.54 Å². The molecule has 0 spiro atoms. The molecular weight excluding hydrogens is 218 g/mol. The standard InChI is InChI=1S/C14H24ClN/c1-10(8-15)9-16-12-13(2,3)11-5-6-14(12,4)7-11/h8,11-12,16H,5-7,9H2,1-4H3. The number of nitrogens with one attached hydrogen (secondary N) is 1. The first-order valence-corrected chi connectivity index (χ1v) is 6.83. The Bertz CT molecular complexity index is 303. The van der Waals surface area contributed by atoms with Gasteiger partial charge in [0.1, 0.15) is 0 Å². The molecular formula is C14H24ClN. The van der Waals surface area contributed by atoms with Crippen molar-refractivity contribution < 1.29 is 0 Å². The van der Waals surface area contributed by atoms with Gasteiger partial charge < -0.3 is 5.32 Å². The molecule has 0 saturated heterocycles. The fourth-order valence-corrected chi connectivity index (χ4v) is 4.19. The van der Waals surface area contributed by atoms with Crippen molar-refractivity contribution in [2.45, 2.75) is 53.0 Å². The summed E-state index contributed by atoms with van der Waals surface area (Å²) in [6.45, 7) is 10.3. The van der Waals surface area contributed by atoms with E-state index in [1.807, 2.05) is 0 Å². The van der Waals surface area contributed by atoms with Gasteiger partial charge in [0.2, 0.25) is 0 Å². The first kappa shape index (κ1) is 12.4. The lowest BCUT2D eigenvalue weighted by Gasteiger charge is -2.43. The number of fused-ring (bicyclic) bond motifs is 2. The molecule has 2 aliphatic carbocycles. The molecule has 0 aromatic carbocycles. The van der Waals surface area contributed by atoms with E-state index in [1.165, 1.54) is 24.8 Å². The molecule has 92 valence electrons. The lowest BCUT2D eigenvalue weighted by molar-refractivity contribution is 0.112. The highest BCUT2D eigenvalue weighted by Crippen LogP contribution is 2.62. The van der Waals surface area contributed by atoms with Crippen LogP contribution in [0, 0.1) is 16.7 Å². The van der Waals surface area contributed by atoms with Gasteiger partial charge in [0.25, 0.3) is 0 Å². The third kappa shape index (κ3) is 1.82. The third-order valence-electron chi connectivity index (χ3n) is 5.04. The Hall–Kier alpha value is -0.0100. The number of halogens is 1. The van der Waals surface area contributed by atoms with Crippen LogP contribution in [0.15, 0.2) is 11.1 Å². The van der Waals surface area contributed by atoms with Crippen molar-refractivity contribution in [2.75, 3.05) is 6.54 Å². The monoisotopic (exact) mass is 241 g/mol. The summed E-state index contributed by atoms with van der Waals surface area (Å²) >= 11 is 5.72. The fraction of sp³-hybridized carbons (Fsp3) is 0.857. The molecule has 0 aliphatic heterocycles. The Kier molecular flexibility index (Phi) is 3.13. The summed E-state index contributed by atoms with van der Waals surface area (Å²) in [6, 6.07) is 0.644. The summed E-state index contributed by atoms with van der Waals surface area (Å²) in [6.07, 6.45) is 4.22. The molecule has 0 heterocycles. The van der Waals surface area contributed by atoms with Crippen LogP contribution >= 0.6 is 11.6 Å². The largest absolute Gasteiger partial charge is 0.309 e. The van der Waals surface area contributed by atoms with Crippen molar-refractivity contribution in [2.24, 2.45) is 16.7 Å². The molecule has 0 aromatic heterocycles. The minimum absolute atomic E-state index is 0.444. The maximum Gasteiger partial charge on any atom is 0.0178 e. The highest BCUT2D eigenvalue weighted by Gasteiger charge is 2.58. The summed E-state index contributed by atoms with van der Waals surface area (Å²) in [4.78, 5) is 0. The van der Waals surface area contributed by atoms with E-state index in [4.69, 9.17) is 11.6 Å². The van der Waals surface area contributed by atoms with E-state index in [-0.39, 0.29) is 0 Å². The molecule has 0 amide bonds. The molecule has 2 saturated carbocycles. The first-order valence-electron chi connectivity index (χ1n) is 6.39. The Morgan fingerprint density at radius 1 is 1.44 bits per heavy atom. The second kappa shape index (κ2) is 4.03. The summed E-state index contributed by atoms with van der Waals surface area (Å²) in [7, 11) is 0. The van der Waals surface area contributed by atoms with Crippen LogP contribution in [0.2, 0.25) is 0 Å². The Morgan fingerprint density at radius 2 is 2.12 bits per heavy atom. The minimum atomic E-state index is 0.444. The molecule has 2 bridgehead atoms. The van der Waals surface area contributed by atoms with Gasteiger partial charge in [0.05, 0.1) is 0 Å². The van der Waals surface area contributed by atoms with Crippen LogP contribution in [0.4, 0.5) is 0 Å². The van der Waals surface area contributed by atoms with Gasteiger partial charge in [0, 0.05) is 18.1 Å². The van der Waals surface area contributed by atoms with Crippen LogP contribution in [0.25, 0.3) is 0 Å². The fourth-order valence-electron chi connectivity index (χ4n) is 4.11. The minimum Gasteiger partial charge on any atom is -0.309 e. The molecule has 2 rings (SSSR count). The maximum absolute atomic E-state index is 5.72. The van der Waals surface area contributed by atoms with Gasteiger partial charge in [-0.05, 0) is 48.5 Å². The molecule has 2 aliphatic rings. The Balaban J connectivity index is 2.08. The van der Waals surface area contributed by atoms with Crippen LogP contribution in [-0.4, -0.2) is 12.6 Å². The predicted octanol–water partition coefficient (Wildman–Crippen LogP) is 3.93. The normalized spacial score (nSPS) is 41.7. The van der Waals surface area contributed by atoms with E-state index in [0.717, 1.165) is 12.5 Å². The molecule has 1 nitrogen and oxygen atoms in total. The molecule has 3 unspecified atom stereocenters. The van der Waals surface area contributed by atoms with Crippen molar-refractivity contribution in [3.63, 3.8) is 0 Å². The van der Waals surface area contributed by atoms with Crippen LogP contribution in [0.3, 0.4) is 0 Å². The van der Waals surface area contributed by atoms with E-state index in [2.05, 4.69) is 33.0 Å². The SMILES string of the molecule is CC(=CCl)CNC1C2(C)CCC(C2)C1(C)C. The zero-order valence-corrected chi connectivity index (χ0v) is 11.7. The van der Waals surface area contributed by atoms with Crippen molar-refractivity contribution in [1.82, 2.24) is 5.32 Å². The van der Waals surface area contributed by atoms with Gasteiger partial charge in [-0.1, -0.05) is 32.4 Å². The van der Waals surface area contributed by atoms with Crippen molar-refractivity contribution in [1.29, 1.82) is 0 Å². The van der Waals surface area contributed by atoms with Crippen LogP contribution < -0.4 is 5.32 Å². The highest BCUT2D eigenvalue weighted by molar-refractivity contribution is 6.25. The van der Waals surface area contributed by atoms with Gasteiger partial charge >= 0.3 is 0 Å². The van der Waals surface area contributed by atoms with E-state index < -0.39 is 0 Å². The quantitative estimate of drug-likeness (QED) is 0.790. The van der Waals surface area contributed by atoms with Crippen molar-refractivity contribution in [3.8, 4) is 0 Å². The average molecular weight is 242 g/mol. The molecule has 2 fully saturated rings. The van der Waals surface area contributed by atoms with Crippen LogP contribution in [0.5, 0.6) is 0 Å². The molecule has 3 atom stereocenters. The zero-order valence-electron chi connectivity index (χ0n) is 10.9. The number of hydrogen-bond acceptors (Lipinski definition) is 1. The van der Waals surface area contributed by atoms with Gasteiger partial charge in [-0.15, -0.1) is 0 Å². The number of rotatable bonds is 3. The Labute approximate surface area is 105 Å². The highest BCUT2D eigenvalue weighted by atomic mass is 35.5. The topological polar surface area (TPSA) is 12.0 Å². The Morgan fingerprint density at radius 3 is 2.62 bits per heavy atom. The first-order chi connectivity index (χ1) is 7.40. The summed E-state index contributed by atoms with van der Waals surface area (Å²) in [5.74, 6) is 0.912. The van der Waals surface area contributed by atoms with Gasteiger partial charge in [0.15, 0.2) is 0 Å². The van der Waals surface area contributed by atoms with Gasteiger partial charge in [-0.2, -0.15) is 0 Å². The van der Waals surface area contributed by atoms with E-state index in [0.29, 0.717) is 16.9 Å². The zero-order chi connectivity index (χ0) is 12.0. The third-order valence-corrected chi connectivity index (χ3v) is 5.41. The van der Waals surface area contributed by atoms with E-state index in [9.17, 15) is 0 Å². The van der Waals surface area contributed by atoms with Crippen LogP contribution in [-0.2, 0) is 0 Å². The molecule has 16 heavy (non-hydrogen) atoms. The second-order valence-electron chi connectivity index (χ2n) is 6.68. The smallest absolute Gasteiger partial charge is 0.0178 e. The van der Waals surface area contributed by atoms with Crippen LogP contribution in [0.1, 0.15) is 47.0 Å². The summed E-state index contributed by atoms with van der Waals surface area (Å²) in [5.41, 5.74) is 3.87.